The fraction of sp³-hybridized carbons (Fsp3) is 0.409. The minimum absolute atomic E-state index is 0.113. The van der Waals surface area contributed by atoms with E-state index in [4.69, 9.17) is 4.74 Å². The predicted octanol–water partition coefficient (Wildman–Crippen LogP) is 3.44. The van der Waals surface area contributed by atoms with Crippen molar-refractivity contribution in [1.82, 2.24) is 9.88 Å². The topological polar surface area (TPSA) is 91.5 Å². The zero-order valence-corrected chi connectivity index (χ0v) is 18.1. The number of anilines is 1. The number of likely N-dealkylation sites (N-methyl/N-ethyl adjacent to an activating group) is 1. The van der Waals surface area contributed by atoms with Crippen LogP contribution in [0.2, 0.25) is 0 Å². The van der Waals surface area contributed by atoms with Gasteiger partial charge in [0.05, 0.1) is 18.7 Å². The van der Waals surface area contributed by atoms with Gasteiger partial charge < -0.3 is 19.9 Å². The van der Waals surface area contributed by atoms with Gasteiger partial charge in [0.1, 0.15) is 5.69 Å². The van der Waals surface area contributed by atoms with Crippen LogP contribution in [0.15, 0.2) is 12.1 Å². The maximum Gasteiger partial charge on any atom is 0.340 e. The molecule has 0 aliphatic heterocycles. The lowest BCUT2D eigenvalue weighted by molar-refractivity contribution is -0.116. The second kappa shape index (κ2) is 8.94. The summed E-state index contributed by atoms with van der Waals surface area (Å²) in [5.41, 5.74) is 5.55. The molecule has 29 heavy (non-hydrogen) atoms. The molecule has 0 saturated carbocycles. The Morgan fingerprint density at radius 2 is 1.66 bits per heavy atom. The van der Waals surface area contributed by atoms with E-state index in [-0.39, 0.29) is 30.7 Å². The van der Waals surface area contributed by atoms with Crippen LogP contribution in [0.3, 0.4) is 0 Å². The van der Waals surface area contributed by atoms with Crippen LogP contribution in [0, 0.1) is 34.6 Å². The lowest BCUT2D eigenvalue weighted by atomic mass is 10.1. The third-order valence-corrected chi connectivity index (χ3v) is 4.80. The average molecular weight is 399 g/mol. The SMILES string of the molecule is CCOC(=O)c1c(C)[nH]c(C(=O)N(C)CC(=O)Nc2c(C)cc(C)cc2C)c1C. The van der Waals surface area contributed by atoms with Crippen LogP contribution in [-0.2, 0) is 9.53 Å². The molecule has 0 atom stereocenters. The lowest BCUT2D eigenvalue weighted by Crippen LogP contribution is -2.35. The smallest absolute Gasteiger partial charge is 0.340 e. The van der Waals surface area contributed by atoms with E-state index in [1.165, 1.54) is 4.90 Å². The molecule has 0 unspecified atom stereocenters. The second-order valence-corrected chi connectivity index (χ2v) is 7.33. The van der Waals surface area contributed by atoms with Gasteiger partial charge in [-0.3, -0.25) is 9.59 Å². The molecule has 1 heterocycles. The van der Waals surface area contributed by atoms with Crippen molar-refractivity contribution in [3.05, 3.63) is 51.3 Å². The Bertz CT molecular complexity index is 936. The van der Waals surface area contributed by atoms with Crippen LogP contribution in [0.4, 0.5) is 5.69 Å². The monoisotopic (exact) mass is 399 g/mol. The Hall–Kier alpha value is -3.09. The molecule has 0 radical (unpaired) electrons. The van der Waals surface area contributed by atoms with Gasteiger partial charge in [0.15, 0.2) is 0 Å². The fourth-order valence-corrected chi connectivity index (χ4v) is 3.51. The number of hydrogen-bond donors (Lipinski definition) is 2. The number of aromatic amines is 1. The van der Waals surface area contributed by atoms with E-state index in [9.17, 15) is 14.4 Å². The van der Waals surface area contributed by atoms with Gasteiger partial charge in [-0.1, -0.05) is 17.7 Å². The van der Waals surface area contributed by atoms with Gasteiger partial charge in [-0.15, -0.1) is 0 Å². The molecule has 7 heteroatoms. The first-order chi connectivity index (χ1) is 13.6. The number of aromatic nitrogens is 1. The fourth-order valence-electron chi connectivity index (χ4n) is 3.51. The maximum atomic E-state index is 12.8. The lowest BCUT2D eigenvalue weighted by Gasteiger charge is -2.18. The van der Waals surface area contributed by atoms with Crippen molar-refractivity contribution in [2.75, 3.05) is 25.5 Å². The molecule has 0 aliphatic rings. The van der Waals surface area contributed by atoms with Crippen LogP contribution in [0.1, 0.15) is 55.7 Å². The third-order valence-electron chi connectivity index (χ3n) is 4.80. The molecule has 1 aromatic carbocycles. The number of nitrogens with one attached hydrogen (secondary N) is 2. The van der Waals surface area contributed by atoms with E-state index in [0.29, 0.717) is 16.8 Å². The van der Waals surface area contributed by atoms with Crippen molar-refractivity contribution in [1.29, 1.82) is 0 Å². The number of rotatable bonds is 6. The predicted molar refractivity (Wildman–Crippen MR) is 112 cm³/mol. The number of carbonyl (C=O) groups is 3. The molecular weight excluding hydrogens is 370 g/mol. The Kier molecular flexibility index (Phi) is 6.84. The first kappa shape index (κ1) is 22.2. The quantitative estimate of drug-likeness (QED) is 0.728. The van der Waals surface area contributed by atoms with Gasteiger partial charge >= 0.3 is 5.97 Å². The van der Waals surface area contributed by atoms with Gasteiger partial charge in [-0.2, -0.15) is 0 Å². The highest BCUT2D eigenvalue weighted by molar-refractivity contribution is 6.02. The van der Waals surface area contributed by atoms with Crippen molar-refractivity contribution in [3.63, 3.8) is 0 Å². The van der Waals surface area contributed by atoms with E-state index in [1.807, 2.05) is 32.9 Å². The van der Waals surface area contributed by atoms with E-state index in [0.717, 1.165) is 22.4 Å². The Labute approximate surface area is 171 Å². The number of H-pyrrole nitrogens is 1. The Morgan fingerprint density at radius 1 is 1.07 bits per heavy atom. The summed E-state index contributed by atoms with van der Waals surface area (Å²) in [5, 5.41) is 2.89. The Morgan fingerprint density at radius 3 is 2.21 bits per heavy atom. The van der Waals surface area contributed by atoms with E-state index in [1.54, 1.807) is 27.8 Å². The van der Waals surface area contributed by atoms with Crippen molar-refractivity contribution in [2.45, 2.75) is 41.5 Å². The first-order valence-corrected chi connectivity index (χ1v) is 9.56. The molecule has 0 bridgehead atoms. The van der Waals surface area contributed by atoms with Gasteiger partial charge in [-0.05, 0) is 58.2 Å². The van der Waals surface area contributed by atoms with Crippen molar-refractivity contribution < 1.29 is 19.1 Å². The maximum absolute atomic E-state index is 12.8. The summed E-state index contributed by atoms with van der Waals surface area (Å²) >= 11 is 0. The summed E-state index contributed by atoms with van der Waals surface area (Å²) in [4.78, 5) is 41.8. The van der Waals surface area contributed by atoms with E-state index in [2.05, 4.69) is 10.3 Å². The molecule has 1 aromatic heterocycles. The summed E-state index contributed by atoms with van der Waals surface area (Å²) in [6.45, 7) is 11.1. The third kappa shape index (κ3) is 4.85. The largest absolute Gasteiger partial charge is 0.462 e. The summed E-state index contributed by atoms with van der Waals surface area (Å²) < 4.78 is 5.06. The first-order valence-electron chi connectivity index (χ1n) is 9.56. The molecule has 0 saturated heterocycles. The number of benzene rings is 1. The number of carbonyl (C=O) groups excluding carboxylic acids is 3. The molecule has 2 aromatic rings. The number of amides is 2. The molecule has 0 fully saturated rings. The van der Waals surface area contributed by atoms with Crippen LogP contribution in [0.25, 0.3) is 0 Å². The molecule has 2 N–H and O–H groups in total. The molecule has 7 nitrogen and oxygen atoms in total. The standard InChI is InChI=1S/C22H29N3O4/c1-8-29-22(28)18-15(5)20(23-16(18)6)21(27)25(7)11-17(26)24-19-13(3)9-12(2)10-14(19)4/h9-10,23H,8,11H2,1-7H3,(H,24,26). The minimum atomic E-state index is -0.469. The van der Waals surface area contributed by atoms with Crippen LogP contribution in [0.5, 0.6) is 0 Å². The number of ether oxygens (including phenoxy) is 1. The highest BCUT2D eigenvalue weighted by Crippen LogP contribution is 2.22. The van der Waals surface area contributed by atoms with Gasteiger partial charge in [0, 0.05) is 18.4 Å². The summed E-state index contributed by atoms with van der Waals surface area (Å²) in [5.74, 6) is -1.13. The molecular formula is C22H29N3O4. The highest BCUT2D eigenvalue weighted by atomic mass is 16.5. The molecule has 2 amide bonds. The molecule has 2 rings (SSSR count). The van der Waals surface area contributed by atoms with Gasteiger partial charge in [0.25, 0.3) is 5.91 Å². The normalized spacial score (nSPS) is 10.6. The van der Waals surface area contributed by atoms with E-state index < -0.39 is 5.97 Å². The van der Waals surface area contributed by atoms with Crippen molar-refractivity contribution in [3.8, 4) is 0 Å². The minimum Gasteiger partial charge on any atom is -0.462 e. The zero-order valence-electron chi connectivity index (χ0n) is 18.1. The highest BCUT2D eigenvalue weighted by Gasteiger charge is 2.25. The number of esters is 1. The Balaban J connectivity index is 2.14. The summed E-state index contributed by atoms with van der Waals surface area (Å²) in [6, 6.07) is 4.00. The summed E-state index contributed by atoms with van der Waals surface area (Å²) in [7, 11) is 1.55. The molecule has 0 aliphatic carbocycles. The second-order valence-electron chi connectivity index (χ2n) is 7.33. The number of aryl methyl sites for hydroxylation is 4. The number of nitrogens with zero attached hydrogens (tertiary/aromatic N) is 1. The average Bonchev–Trinajstić information content (AvgIpc) is 2.91. The van der Waals surface area contributed by atoms with Crippen molar-refractivity contribution in [2.24, 2.45) is 0 Å². The molecule has 0 spiro atoms. The van der Waals surface area contributed by atoms with Crippen LogP contribution < -0.4 is 5.32 Å². The van der Waals surface area contributed by atoms with Gasteiger partial charge in [-0.25, -0.2) is 4.79 Å². The number of hydrogen-bond acceptors (Lipinski definition) is 4. The van der Waals surface area contributed by atoms with Gasteiger partial charge in [0.2, 0.25) is 5.91 Å². The summed E-state index contributed by atoms with van der Waals surface area (Å²) in [6.07, 6.45) is 0. The van der Waals surface area contributed by atoms with E-state index >= 15 is 0 Å². The van der Waals surface area contributed by atoms with Crippen LogP contribution in [-0.4, -0.2) is 47.9 Å². The molecule has 156 valence electrons. The van der Waals surface area contributed by atoms with Crippen molar-refractivity contribution >= 4 is 23.5 Å². The zero-order chi connectivity index (χ0) is 21.9. The van der Waals surface area contributed by atoms with Crippen LogP contribution >= 0.6 is 0 Å².